The molecular formula is C12H17FN2O4S. The van der Waals surface area contributed by atoms with Crippen LogP contribution in [0.3, 0.4) is 0 Å². The summed E-state index contributed by atoms with van der Waals surface area (Å²) < 4.78 is 40.8. The number of halogens is 1. The summed E-state index contributed by atoms with van der Waals surface area (Å²) in [4.78, 5) is 11.1. The van der Waals surface area contributed by atoms with Crippen molar-refractivity contribution in [3.8, 4) is 0 Å². The van der Waals surface area contributed by atoms with Crippen molar-refractivity contribution in [3.05, 3.63) is 29.6 Å². The summed E-state index contributed by atoms with van der Waals surface area (Å²) in [6.45, 7) is 4.31. The van der Waals surface area contributed by atoms with Crippen LogP contribution in [0.15, 0.2) is 23.1 Å². The molecular weight excluding hydrogens is 287 g/mol. The maximum atomic E-state index is 13.3. The Labute approximate surface area is 117 Å². The summed E-state index contributed by atoms with van der Waals surface area (Å²) >= 11 is 0. The molecule has 0 saturated heterocycles. The zero-order chi connectivity index (χ0) is 15.3. The number of primary sulfonamides is 1. The molecule has 6 nitrogen and oxygen atoms in total. The lowest BCUT2D eigenvalue weighted by molar-refractivity contribution is 0.0746. The highest BCUT2D eigenvalue weighted by Gasteiger charge is 2.17. The molecule has 1 amide bonds. The second-order valence-electron chi connectivity index (χ2n) is 4.37. The van der Waals surface area contributed by atoms with Gasteiger partial charge in [-0.15, -0.1) is 0 Å². The maximum absolute atomic E-state index is 13.3. The van der Waals surface area contributed by atoms with Gasteiger partial charge in [0.25, 0.3) is 5.91 Å². The fourth-order valence-corrected chi connectivity index (χ4v) is 2.05. The number of sulfonamides is 1. The number of ether oxygens (including phenoxy) is 1. The molecule has 0 radical (unpaired) electrons. The lowest BCUT2D eigenvalue weighted by atomic mass is 10.2. The number of nitrogens with two attached hydrogens (primary N) is 1. The highest BCUT2D eigenvalue weighted by molar-refractivity contribution is 7.89. The summed E-state index contributed by atoms with van der Waals surface area (Å²) in [5.74, 6) is -1.52. The summed E-state index contributed by atoms with van der Waals surface area (Å²) in [5, 5.41) is 7.39. The first-order valence-electron chi connectivity index (χ1n) is 5.94. The van der Waals surface area contributed by atoms with Gasteiger partial charge < -0.3 is 10.1 Å². The Morgan fingerprint density at radius 3 is 2.65 bits per heavy atom. The van der Waals surface area contributed by atoms with Crippen LogP contribution < -0.4 is 10.5 Å². The maximum Gasteiger partial charge on any atom is 0.251 e. The van der Waals surface area contributed by atoms with Crippen LogP contribution in [0.1, 0.15) is 24.2 Å². The molecule has 0 saturated carbocycles. The van der Waals surface area contributed by atoms with Crippen molar-refractivity contribution in [3.63, 3.8) is 0 Å². The molecule has 0 bridgehead atoms. The van der Waals surface area contributed by atoms with E-state index in [9.17, 15) is 17.6 Å². The first-order chi connectivity index (χ1) is 9.21. The predicted molar refractivity (Wildman–Crippen MR) is 71.2 cm³/mol. The second kappa shape index (κ2) is 6.78. The van der Waals surface area contributed by atoms with Gasteiger partial charge in [-0.05, 0) is 32.0 Å². The number of carbonyl (C=O) groups excluding carboxylic acids is 1. The molecule has 0 aliphatic carbocycles. The van der Waals surface area contributed by atoms with Crippen LogP contribution in [0.4, 0.5) is 4.39 Å². The average molecular weight is 304 g/mol. The number of nitrogens with one attached hydrogen (secondary N) is 1. The van der Waals surface area contributed by atoms with Gasteiger partial charge in [-0.1, -0.05) is 0 Å². The zero-order valence-electron chi connectivity index (χ0n) is 11.2. The minimum Gasteiger partial charge on any atom is -0.377 e. The van der Waals surface area contributed by atoms with Crippen LogP contribution >= 0.6 is 0 Å². The number of hydrogen-bond acceptors (Lipinski definition) is 4. The van der Waals surface area contributed by atoms with E-state index in [-0.39, 0.29) is 18.2 Å². The molecule has 1 rings (SSSR count). The fourth-order valence-electron chi connectivity index (χ4n) is 1.42. The van der Waals surface area contributed by atoms with E-state index >= 15 is 0 Å². The molecule has 0 unspecified atom stereocenters. The summed E-state index contributed by atoms with van der Waals surface area (Å²) in [6, 6.07) is 2.98. The molecule has 0 aliphatic heterocycles. The van der Waals surface area contributed by atoms with Gasteiger partial charge in [0.05, 0.1) is 12.7 Å². The van der Waals surface area contributed by atoms with E-state index in [0.717, 1.165) is 12.1 Å². The molecule has 1 aromatic rings. The van der Waals surface area contributed by atoms with Crippen LogP contribution in [-0.2, 0) is 14.8 Å². The molecule has 0 aromatic heterocycles. The van der Waals surface area contributed by atoms with Crippen LogP contribution in [0, 0.1) is 5.82 Å². The van der Waals surface area contributed by atoms with Gasteiger partial charge >= 0.3 is 0 Å². The third-order valence-electron chi connectivity index (χ3n) is 2.34. The van der Waals surface area contributed by atoms with Crippen molar-refractivity contribution in [1.82, 2.24) is 5.32 Å². The van der Waals surface area contributed by atoms with E-state index in [1.807, 2.05) is 13.8 Å². The number of rotatable bonds is 6. The molecule has 20 heavy (non-hydrogen) atoms. The monoisotopic (exact) mass is 304 g/mol. The van der Waals surface area contributed by atoms with Crippen molar-refractivity contribution >= 4 is 15.9 Å². The molecule has 112 valence electrons. The largest absolute Gasteiger partial charge is 0.377 e. The van der Waals surface area contributed by atoms with Crippen molar-refractivity contribution in [2.45, 2.75) is 24.8 Å². The Balaban J connectivity index is 2.75. The van der Waals surface area contributed by atoms with Gasteiger partial charge in [-0.25, -0.2) is 17.9 Å². The predicted octanol–water partition coefficient (Wildman–Crippen LogP) is 0.628. The molecule has 0 atom stereocenters. The SMILES string of the molecule is CC(C)OCCNC(=O)c1ccc(F)c(S(N)(=O)=O)c1. The van der Waals surface area contributed by atoms with E-state index < -0.39 is 26.6 Å². The van der Waals surface area contributed by atoms with E-state index in [4.69, 9.17) is 9.88 Å². The molecule has 0 spiro atoms. The molecule has 0 heterocycles. The van der Waals surface area contributed by atoms with Gasteiger partial charge in [0.2, 0.25) is 10.0 Å². The number of carbonyl (C=O) groups is 1. The zero-order valence-corrected chi connectivity index (χ0v) is 12.0. The Morgan fingerprint density at radius 2 is 2.10 bits per heavy atom. The molecule has 0 fully saturated rings. The first-order valence-corrected chi connectivity index (χ1v) is 7.48. The fraction of sp³-hybridized carbons (Fsp3) is 0.417. The van der Waals surface area contributed by atoms with Gasteiger partial charge in [-0.3, -0.25) is 4.79 Å². The molecule has 3 N–H and O–H groups in total. The quantitative estimate of drug-likeness (QED) is 0.753. The topological polar surface area (TPSA) is 98.5 Å². The standard InChI is InChI=1S/C12H17FN2O4S/c1-8(2)19-6-5-15-12(16)9-3-4-10(13)11(7-9)20(14,17)18/h3-4,7-8H,5-6H2,1-2H3,(H,15,16)(H2,14,17,18). The van der Waals surface area contributed by atoms with Crippen LogP contribution in [-0.4, -0.2) is 33.6 Å². The van der Waals surface area contributed by atoms with E-state index in [1.54, 1.807) is 0 Å². The Hall–Kier alpha value is -1.51. The lowest BCUT2D eigenvalue weighted by Crippen LogP contribution is -2.28. The van der Waals surface area contributed by atoms with E-state index in [1.165, 1.54) is 6.07 Å². The second-order valence-corrected chi connectivity index (χ2v) is 5.90. The highest BCUT2D eigenvalue weighted by atomic mass is 32.2. The third kappa shape index (κ3) is 4.87. The summed E-state index contributed by atoms with van der Waals surface area (Å²) in [5.41, 5.74) is 0.0139. The van der Waals surface area contributed by atoms with Crippen LogP contribution in [0.25, 0.3) is 0 Å². The average Bonchev–Trinajstić information content (AvgIpc) is 2.33. The molecule has 0 aliphatic rings. The van der Waals surface area contributed by atoms with Crippen molar-refractivity contribution < 1.29 is 22.3 Å². The van der Waals surface area contributed by atoms with Crippen LogP contribution in [0.5, 0.6) is 0 Å². The number of benzene rings is 1. The minimum atomic E-state index is -4.21. The van der Waals surface area contributed by atoms with Crippen molar-refractivity contribution in [2.24, 2.45) is 5.14 Å². The molecule has 1 aromatic carbocycles. The smallest absolute Gasteiger partial charge is 0.251 e. The van der Waals surface area contributed by atoms with E-state index in [2.05, 4.69) is 5.32 Å². The lowest BCUT2D eigenvalue weighted by Gasteiger charge is -2.09. The van der Waals surface area contributed by atoms with Gasteiger partial charge in [0.15, 0.2) is 0 Å². The third-order valence-corrected chi connectivity index (χ3v) is 3.26. The number of amides is 1. The normalized spacial score (nSPS) is 11.7. The molecule has 8 heteroatoms. The van der Waals surface area contributed by atoms with E-state index in [0.29, 0.717) is 6.61 Å². The van der Waals surface area contributed by atoms with Crippen molar-refractivity contribution in [1.29, 1.82) is 0 Å². The summed E-state index contributed by atoms with van der Waals surface area (Å²) in [7, 11) is -4.21. The minimum absolute atomic E-state index is 0.0139. The van der Waals surface area contributed by atoms with Gasteiger partial charge in [0, 0.05) is 12.1 Å². The first kappa shape index (κ1) is 16.5. The van der Waals surface area contributed by atoms with Gasteiger partial charge in [0.1, 0.15) is 10.7 Å². The van der Waals surface area contributed by atoms with Crippen molar-refractivity contribution in [2.75, 3.05) is 13.2 Å². The highest BCUT2D eigenvalue weighted by Crippen LogP contribution is 2.14. The van der Waals surface area contributed by atoms with Gasteiger partial charge in [-0.2, -0.15) is 0 Å². The Bertz CT molecular complexity index is 587. The Kier molecular flexibility index (Phi) is 5.61. The Morgan fingerprint density at radius 1 is 1.45 bits per heavy atom. The number of hydrogen-bond donors (Lipinski definition) is 2. The summed E-state index contributed by atoms with van der Waals surface area (Å²) in [6.07, 6.45) is 0.0479. The van der Waals surface area contributed by atoms with Crippen LogP contribution in [0.2, 0.25) is 0 Å².